The quantitative estimate of drug-likeness (QED) is 0.548. The molecule has 0 radical (unpaired) electrons. The molecule has 2 heterocycles. The molecular formula is C31H46N4O3. The molecule has 0 spiro atoms. The second kappa shape index (κ2) is 10.9. The first-order chi connectivity index (χ1) is 18.5. The molecular weight excluding hydrogens is 476 g/mol. The predicted octanol–water partition coefficient (Wildman–Crippen LogP) is 4.32. The molecule has 5 fully saturated rings. The third kappa shape index (κ3) is 4.69. The molecule has 208 valence electrons. The minimum atomic E-state index is -1.16. The van der Waals surface area contributed by atoms with E-state index in [1.807, 2.05) is 17.0 Å². The maximum Gasteiger partial charge on any atom is 0.254 e. The van der Waals surface area contributed by atoms with Crippen LogP contribution in [0.5, 0.6) is 0 Å². The van der Waals surface area contributed by atoms with Gasteiger partial charge in [0, 0.05) is 43.2 Å². The van der Waals surface area contributed by atoms with Crippen molar-refractivity contribution in [2.45, 2.75) is 108 Å². The summed E-state index contributed by atoms with van der Waals surface area (Å²) in [5, 5.41) is 10.4. The van der Waals surface area contributed by atoms with Crippen molar-refractivity contribution >= 4 is 11.8 Å². The summed E-state index contributed by atoms with van der Waals surface area (Å²) in [6, 6.07) is 9.20. The van der Waals surface area contributed by atoms with E-state index < -0.39 is 5.60 Å². The van der Waals surface area contributed by atoms with Crippen LogP contribution in [0.2, 0.25) is 0 Å². The van der Waals surface area contributed by atoms with Gasteiger partial charge >= 0.3 is 0 Å². The molecule has 3 N–H and O–H groups in total. The first-order valence-corrected chi connectivity index (χ1v) is 15.4. The number of carbonyl (C=O) groups is 2. The Morgan fingerprint density at radius 1 is 0.737 bits per heavy atom. The number of hydrazine groups is 1. The van der Waals surface area contributed by atoms with E-state index in [-0.39, 0.29) is 23.3 Å². The van der Waals surface area contributed by atoms with E-state index in [0.717, 1.165) is 17.9 Å². The Hall–Kier alpha value is -1.96. The molecule has 2 saturated heterocycles. The largest absolute Gasteiger partial charge is 0.380 e. The van der Waals surface area contributed by atoms with E-state index in [2.05, 4.69) is 23.0 Å². The number of benzene rings is 1. The van der Waals surface area contributed by atoms with Crippen LogP contribution >= 0.6 is 0 Å². The van der Waals surface area contributed by atoms with Gasteiger partial charge in [-0.05, 0) is 68.6 Å². The number of rotatable bonds is 4. The third-order valence-corrected chi connectivity index (χ3v) is 10.7. The fraction of sp³-hybridized carbons (Fsp3) is 0.742. The summed E-state index contributed by atoms with van der Waals surface area (Å²) in [5.74, 6) is 0.629. The summed E-state index contributed by atoms with van der Waals surface area (Å²) in [5.41, 5.74) is 8.58. The molecule has 3 aliphatic carbocycles. The lowest BCUT2D eigenvalue weighted by molar-refractivity contribution is -0.161. The van der Waals surface area contributed by atoms with Crippen molar-refractivity contribution < 1.29 is 14.7 Å². The monoisotopic (exact) mass is 522 g/mol. The van der Waals surface area contributed by atoms with Crippen molar-refractivity contribution in [3.63, 3.8) is 0 Å². The van der Waals surface area contributed by atoms with Crippen molar-refractivity contribution in [2.24, 2.45) is 11.3 Å². The number of piperazine rings is 1. The molecule has 7 nitrogen and oxygen atoms in total. The Kier molecular flexibility index (Phi) is 7.53. The summed E-state index contributed by atoms with van der Waals surface area (Å²) in [7, 11) is 0. The molecule has 2 aliphatic heterocycles. The zero-order valence-electron chi connectivity index (χ0n) is 22.9. The van der Waals surface area contributed by atoms with Gasteiger partial charge in [0.1, 0.15) is 5.60 Å². The summed E-state index contributed by atoms with van der Waals surface area (Å²) in [4.78, 5) is 29.6. The fourth-order valence-corrected chi connectivity index (χ4v) is 8.34. The SMILES string of the molecule is O=C(c1ccc(C2NNC3CCCCC32C2CCCCCCC2)cc1)N1CCN(C(=O)C2(O)CCC2)CC1. The Labute approximate surface area is 227 Å². The third-order valence-electron chi connectivity index (χ3n) is 10.7. The average molecular weight is 523 g/mol. The maximum absolute atomic E-state index is 13.3. The lowest BCUT2D eigenvalue weighted by Gasteiger charge is -2.48. The molecule has 6 rings (SSSR count). The van der Waals surface area contributed by atoms with Crippen LogP contribution in [0.3, 0.4) is 0 Å². The van der Waals surface area contributed by atoms with Gasteiger partial charge in [0.05, 0.1) is 6.04 Å². The van der Waals surface area contributed by atoms with E-state index in [1.54, 1.807) is 4.90 Å². The molecule has 1 aromatic carbocycles. The van der Waals surface area contributed by atoms with Crippen LogP contribution in [-0.4, -0.2) is 64.5 Å². The van der Waals surface area contributed by atoms with E-state index >= 15 is 0 Å². The molecule has 0 bridgehead atoms. The fourth-order valence-electron chi connectivity index (χ4n) is 8.34. The molecule has 38 heavy (non-hydrogen) atoms. The normalized spacial score (nSPS) is 32.1. The summed E-state index contributed by atoms with van der Waals surface area (Å²) >= 11 is 0. The summed E-state index contributed by atoms with van der Waals surface area (Å²) < 4.78 is 0. The second-order valence-corrected chi connectivity index (χ2v) is 12.8. The minimum Gasteiger partial charge on any atom is -0.380 e. The van der Waals surface area contributed by atoms with E-state index in [9.17, 15) is 14.7 Å². The lowest BCUT2D eigenvalue weighted by atomic mass is 9.56. The van der Waals surface area contributed by atoms with E-state index in [0.29, 0.717) is 45.1 Å². The highest BCUT2D eigenvalue weighted by molar-refractivity contribution is 5.94. The van der Waals surface area contributed by atoms with Gasteiger partial charge in [-0.1, -0.05) is 57.1 Å². The number of carbonyl (C=O) groups excluding carboxylic acids is 2. The highest BCUT2D eigenvalue weighted by Gasteiger charge is 2.55. The first kappa shape index (κ1) is 26.3. The van der Waals surface area contributed by atoms with Crippen LogP contribution in [0.1, 0.15) is 112 Å². The molecule has 5 aliphatic rings. The Balaban J connectivity index is 1.14. The number of aliphatic hydroxyl groups is 1. The first-order valence-electron chi connectivity index (χ1n) is 15.4. The molecule has 3 atom stereocenters. The number of amides is 2. The predicted molar refractivity (Wildman–Crippen MR) is 147 cm³/mol. The van der Waals surface area contributed by atoms with Gasteiger partial charge in [0.2, 0.25) is 0 Å². The molecule has 3 unspecified atom stereocenters. The van der Waals surface area contributed by atoms with Crippen LogP contribution in [-0.2, 0) is 4.79 Å². The lowest BCUT2D eigenvalue weighted by Crippen LogP contribution is -2.58. The minimum absolute atomic E-state index is 0.0359. The van der Waals surface area contributed by atoms with Crippen LogP contribution in [0.15, 0.2) is 24.3 Å². The standard InChI is InChI=1S/C31H46N4O3/c36-28(34-19-21-35(22-20-34)29(37)30(38)16-8-17-30)24-14-12-23(13-15-24)27-31(18-7-6-11-26(31)32-33-27)25-9-4-2-1-3-5-10-25/h12-15,25-27,32-33,38H,1-11,16-22H2. The number of hydrogen-bond donors (Lipinski definition) is 3. The van der Waals surface area contributed by atoms with Gasteiger partial charge in [-0.25, -0.2) is 5.43 Å². The highest BCUT2D eigenvalue weighted by atomic mass is 16.3. The topological polar surface area (TPSA) is 84.9 Å². The Morgan fingerprint density at radius 3 is 2.03 bits per heavy atom. The van der Waals surface area contributed by atoms with Crippen LogP contribution < -0.4 is 10.9 Å². The molecule has 7 heteroatoms. The number of nitrogens with one attached hydrogen (secondary N) is 2. The maximum atomic E-state index is 13.3. The van der Waals surface area contributed by atoms with Crippen molar-refractivity contribution in [1.82, 2.24) is 20.7 Å². The van der Waals surface area contributed by atoms with Gasteiger partial charge in [-0.15, -0.1) is 0 Å². The van der Waals surface area contributed by atoms with Crippen molar-refractivity contribution in [1.29, 1.82) is 0 Å². The summed E-state index contributed by atoms with van der Waals surface area (Å²) in [6.45, 7) is 2.02. The zero-order chi connectivity index (χ0) is 26.2. The van der Waals surface area contributed by atoms with Gasteiger partial charge < -0.3 is 14.9 Å². The van der Waals surface area contributed by atoms with Crippen molar-refractivity contribution in [2.75, 3.05) is 26.2 Å². The molecule has 1 aromatic rings. The average Bonchev–Trinajstić information content (AvgIpc) is 3.31. The van der Waals surface area contributed by atoms with E-state index in [4.69, 9.17) is 0 Å². The van der Waals surface area contributed by atoms with Gasteiger partial charge in [0.15, 0.2) is 0 Å². The number of hydrogen-bond acceptors (Lipinski definition) is 5. The van der Waals surface area contributed by atoms with Gasteiger partial charge in [-0.3, -0.25) is 15.0 Å². The summed E-state index contributed by atoms with van der Waals surface area (Å²) in [6.07, 6.45) is 16.8. The van der Waals surface area contributed by atoms with Gasteiger partial charge in [0.25, 0.3) is 11.8 Å². The van der Waals surface area contributed by atoms with Crippen LogP contribution in [0, 0.1) is 11.3 Å². The van der Waals surface area contributed by atoms with Gasteiger partial charge in [-0.2, -0.15) is 0 Å². The second-order valence-electron chi connectivity index (χ2n) is 12.8. The molecule has 2 amide bonds. The Morgan fingerprint density at radius 2 is 1.37 bits per heavy atom. The van der Waals surface area contributed by atoms with Crippen molar-refractivity contribution in [3.8, 4) is 0 Å². The Bertz CT molecular complexity index is 993. The smallest absolute Gasteiger partial charge is 0.254 e. The number of nitrogens with zero attached hydrogens (tertiary/aromatic N) is 2. The van der Waals surface area contributed by atoms with E-state index in [1.165, 1.54) is 76.2 Å². The molecule has 0 aromatic heterocycles. The number of fused-ring (bicyclic) bond motifs is 1. The van der Waals surface area contributed by atoms with Crippen LogP contribution in [0.25, 0.3) is 0 Å². The molecule has 3 saturated carbocycles. The highest BCUT2D eigenvalue weighted by Crippen LogP contribution is 2.56. The van der Waals surface area contributed by atoms with Crippen molar-refractivity contribution in [3.05, 3.63) is 35.4 Å². The zero-order valence-corrected chi connectivity index (χ0v) is 22.9. The van der Waals surface area contributed by atoms with Crippen LogP contribution in [0.4, 0.5) is 0 Å².